The second kappa shape index (κ2) is 5.87. The molecule has 2 atom stereocenters. The topological polar surface area (TPSA) is 44.1 Å². The number of aliphatic hydroxyl groups excluding tert-OH is 1. The Morgan fingerprint density at radius 2 is 2.06 bits per heavy atom. The highest BCUT2D eigenvalue weighted by molar-refractivity contribution is 8.13. The van der Waals surface area contributed by atoms with Crippen molar-refractivity contribution in [2.75, 3.05) is 25.9 Å². The number of quaternary nitrogens is 1. The maximum absolute atomic E-state index is 10.1. The van der Waals surface area contributed by atoms with Crippen molar-refractivity contribution in [2.45, 2.75) is 6.10 Å². The quantitative estimate of drug-likeness (QED) is 0.830. The van der Waals surface area contributed by atoms with E-state index in [2.05, 4.69) is 0 Å². The molecule has 2 unspecified atom stereocenters. The first-order valence-electron chi connectivity index (χ1n) is 5.41. The van der Waals surface area contributed by atoms with Crippen molar-refractivity contribution in [1.29, 1.82) is 5.41 Å². The second-order valence-electron chi connectivity index (χ2n) is 4.38. The molecule has 0 aliphatic carbocycles. The average Bonchev–Trinajstić information content (AvgIpc) is 2.60. The highest BCUT2D eigenvalue weighted by Gasteiger charge is 2.36. The monoisotopic (exact) mass is 273 g/mol. The normalized spacial score (nSPS) is 25.4. The lowest BCUT2D eigenvalue weighted by Gasteiger charge is -2.29. The van der Waals surface area contributed by atoms with Crippen molar-refractivity contribution in [3.8, 4) is 0 Å². The molecule has 1 saturated heterocycles. The van der Waals surface area contributed by atoms with Crippen molar-refractivity contribution in [3.05, 3.63) is 35.9 Å². The molecule has 0 saturated carbocycles. The smallest absolute Gasteiger partial charge is 0.256 e. The molecule has 0 radical (unpaired) electrons. The summed E-state index contributed by atoms with van der Waals surface area (Å²) in [5.74, 6) is 0.983. The van der Waals surface area contributed by atoms with Crippen molar-refractivity contribution in [3.63, 3.8) is 0 Å². The first-order chi connectivity index (χ1) is 7.62. The Morgan fingerprint density at radius 3 is 2.59 bits per heavy atom. The molecular formula is C12H18ClN2OS+. The van der Waals surface area contributed by atoms with Gasteiger partial charge in [0.15, 0.2) is 0 Å². The van der Waals surface area contributed by atoms with Crippen LogP contribution in [0, 0.1) is 5.41 Å². The third kappa shape index (κ3) is 3.22. The van der Waals surface area contributed by atoms with Crippen LogP contribution in [0.1, 0.15) is 11.7 Å². The Hall–Kier alpha value is -0.550. The molecule has 1 aliphatic rings. The lowest BCUT2D eigenvalue weighted by Crippen LogP contribution is -2.47. The number of likely N-dealkylation sites (N-methyl/N-ethyl adjacent to an activating group) is 1. The van der Waals surface area contributed by atoms with Gasteiger partial charge >= 0.3 is 0 Å². The van der Waals surface area contributed by atoms with E-state index < -0.39 is 6.10 Å². The van der Waals surface area contributed by atoms with Gasteiger partial charge in [-0.3, -0.25) is 4.48 Å². The van der Waals surface area contributed by atoms with Crippen LogP contribution in [0.2, 0.25) is 0 Å². The van der Waals surface area contributed by atoms with Gasteiger partial charge in [0, 0.05) is 0 Å². The van der Waals surface area contributed by atoms with Crippen molar-refractivity contribution < 1.29 is 9.59 Å². The minimum absolute atomic E-state index is 0. The number of rotatable bonds is 3. The number of aliphatic hydroxyl groups is 1. The minimum atomic E-state index is -0.481. The van der Waals surface area contributed by atoms with Crippen molar-refractivity contribution in [2.24, 2.45) is 0 Å². The van der Waals surface area contributed by atoms with Crippen LogP contribution in [-0.2, 0) is 0 Å². The Morgan fingerprint density at radius 1 is 1.41 bits per heavy atom. The van der Waals surface area contributed by atoms with E-state index in [9.17, 15) is 5.11 Å². The molecule has 0 aromatic heterocycles. The molecule has 3 nitrogen and oxygen atoms in total. The summed E-state index contributed by atoms with van der Waals surface area (Å²) in [6, 6.07) is 9.68. The highest BCUT2D eigenvalue weighted by atomic mass is 35.5. The molecule has 1 aliphatic heterocycles. The average molecular weight is 274 g/mol. The third-order valence-electron chi connectivity index (χ3n) is 3.07. The van der Waals surface area contributed by atoms with Gasteiger partial charge in [-0.25, -0.2) is 5.41 Å². The van der Waals surface area contributed by atoms with Crippen LogP contribution < -0.4 is 0 Å². The van der Waals surface area contributed by atoms with E-state index in [1.165, 1.54) is 0 Å². The van der Waals surface area contributed by atoms with Gasteiger partial charge in [-0.1, -0.05) is 30.3 Å². The summed E-state index contributed by atoms with van der Waals surface area (Å²) in [4.78, 5) is 0. The lowest BCUT2D eigenvalue weighted by atomic mass is 10.1. The van der Waals surface area contributed by atoms with Crippen LogP contribution in [0.5, 0.6) is 0 Å². The number of halogens is 1. The summed E-state index contributed by atoms with van der Waals surface area (Å²) in [5.41, 5.74) is 0.937. The fourth-order valence-electron chi connectivity index (χ4n) is 1.94. The van der Waals surface area contributed by atoms with E-state index in [-0.39, 0.29) is 12.4 Å². The van der Waals surface area contributed by atoms with Gasteiger partial charge in [0.1, 0.15) is 12.6 Å². The standard InChI is InChI=1S/C12H17N2OS.ClH/c1-14(7-8-16-12(14)13)9-11(15)10-5-3-2-4-6-10;/h2-6,11,13,15H,7-9H2,1H3;1H/q+1;. The van der Waals surface area contributed by atoms with E-state index in [0.717, 1.165) is 17.9 Å². The molecule has 17 heavy (non-hydrogen) atoms. The molecule has 1 fully saturated rings. The molecule has 1 heterocycles. The summed E-state index contributed by atoms with van der Waals surface area (Å²) < 4.78 is 0.556. The zero-order chi connectivity index (χ0) is 11.6. The Bertz CT molecular complexity index is 387. The molecule has 0 spiro atoms. The van der Waals surface area contributed by atoms with E-state index in [1.807, 2.05) is 37.4 Å². The SMILES string of the molecule is C[N+]1(CC(O)c2ccccc2)CCSC1=N.Cl. The van der Waals surface area contributed by atoms with Gasteiger partial charge in [-0.05, 0) is 17.3 Å². The second-order valence-corrected chi connectivity index (χ2v) is 5.47. The van der Waals surface area contributed by atoms with Crippen LogP contribution in [0.3, 0.4) is 0 Å². The Labute approximate surface area is 112 Å². The molecule has 94 valence electrons. The molecule has 2 N–H and O–H groups in total. The molecule has 1 aromatic carbocycles. The minimum Gasteiger partial charge on any atom is -0.382 e. The van der Waals surface area contributed by atoms with Crippen LogP contribution in [0.4, 0.5) is 0 Å². The summed E-state index contributed by atoms with van der Waals surface area (Å²) in [6.07, 6.45) is -0.481. The van der Waals surface area contributed by atoms with Gasteiger partial charge in [0.25, 0.3) is 5.17 Å². The fourth-order valence-corrected chi connectivity index (χ4v) is 3.10. The van der Waals surface area contributed by atoms with Crippen LogP contribution in [-0.4, -0.2) is 40.6 Å². The zero-order valence-electron chi connectivity index (χ0n) is 9.80. The summed E-state index contributed by atoms with van der Waals surface area (Å²) >= 11 is 1.59. The molecule has 1 aromatic rings. The van der Waals surface area contributed by atoms with Gasteiger partial charge in [-0.2, -0.15) is 0 Å². The first-order valence-corrected chi connectivity index (χ1v) is 6.40. The molecule has 0 amide bonds. The van der Waals surface area contributed by atoms with E-state index in [4.69, 9.17) is 5.41 Å². The highest BCUT2D eigenvalue weighted by Crippen LogP contribution is 2.27. The summed E-state index contributed by atoms with van der Waals surface area (Å²) in [7, 11) is 2.02. The number of nitrogens with zero attached hydrogens (tertiary/aromatic N) is 1. The molecule has 0 bridgehead atoms. The number of benzene rings is 1. The van der Waals surface area contributed by atoms with E-state index >= 15 is 0 Å². The van der Waals surface area contributed by atoms with Crippen LogP contribution in [0.25, 0.3) is 0 Å². The zero-order valence-corrected chi connectivity index (χ0v) is 11.4. The number of hydrogen-bond acceptors (Lipinski definition) is 3. The predicted molar refractivity (Wildman–Crippen MR) is 74.8 cm³/mol. The van der Waals surface area contributed by atoms with Gasteiger partial charge in [-0.15, -0.1) is 12.4 Å². The maximum atomic E-state index is 10.1. The van der Waals surface area contributed by atoms with Gasteiger partial charge in [0.2, 0.25) is 0 Å². The maximum Gasteiger partial charge on any atom is 0.256 e. The number of thioether (sulfide) groups is 1. The van der Waals surface area contributed by atoms with Crippen LogP contribution in [0.15, 0.2) is 30.3 Å². The first kappa shape index (κ1) is 14.5. The van der Waals surface area contributed by atoms with Gasteiger partial charge < -0.3 is 5.11 Å². The molecular weight excluding hydrogens is 256 g/mol. The summed E-state index contributed by atoms with van der Waals surface area (Å²) in [5, 5.41) is 18.7. The number of amidine groups is 1. The Kier molecular flexibility index (Phi) is 5.01. The third-order valence-corrected chi connectivity index (χ3v) is 4.18. The van der Waals surface area contributed by atoms with E-state index in [0.29, 0.717) is 16.2 Å². The Balaban J connectivity index is 0.00000144. The number of nitrogens with one attached hydrogen (secondary N) is 1. The van der Waals surface area contributed by atoms with Crippen LogP contribution >= 0.6 is 24.2 Å². The van der Waals surface area contributed by atoms with Crippen molar-refractivity contribution >= 4 is 29.3 Å². The largest absolute Gasteiger partial charge is 0.382 e. The lowest BCUT2D eigenvalue weighted by molar-refractivity contribution is -0.816. The summed E-state index contributed by atoms with van der Waals surface area (Å²) in [6.45, 7) is 1.53. The number of hydrogen-bond donors (Lipinski definition) is 2. The van der Waals surface area contributed by atoms with E-state index in [1.54, 1.807) is 11.8 Å². The fraction of sp³-hybridized carbons (Fsp3) is 0.417. The van der Waals surface area contributed by atoms with Crippen molar-refractivity contribution in [1.82, 2.24) is 0 Å². The predicted octanol–water partition coefficient (Wildman–Crippen LogP) is 2.27. The van der Waals surface area contributed by atoms with Gasteiger partial charge in [0.05, 0.1) is 19.3 Å². The molecule has 2 rings (SSSR count). The molecule has 5 heteroatoms.